The molecule has 0 aliphatic carbocycles. The number of aromatic nitrogens is 2. The normalized spacial score (nSPS) is 22.0. The first-order valence-corrected chi connectivity index (χ1v) is 14.9. The van der Waals surface area contributed by atoms with Crippen molar-refractivity contribution in [3.8, 4) is 11.5 Å². The molecule has 0 spiro atoms. The van der Waals surface area contributed by atoms with E-state index in [4.69, 9.17) is 24.5 Å². The molecule has 1 aliphatic rings. The number of ether oxygens (including phenoxy) is 3. The first kappa shape index (κ1) is 33.3. The molecule has 45 heavy (non-hydrogen) atoms. The smallest absolute Gasteiger partial charge is 0.395 e. The van der Waals surface area contributed by atoms with Crippen molar-refractivity contribution in [2.24, 2.45) is 15.8 Å². The molecule has 0 saturated carbocycles. The fourth-order valence-electron chi connectivity index (χ4n) is 4.43. The van der Waals surface area contributed by atoms with Crippen LogP contribution in [0.3, 0.4) is 0 Å². The maximum absolute atomic E-state index is 13.0. The van der Waals surface area contributed by atoms with Crippen LogP contribution in [-0.4, -0.2) is 56.3 Å². The van der Waals surface area contributed by atoms with Crippen molar-refractivity contribution in [1.82, 2.24) is 9.55 Å². The minimum absolute atomic E-state index is 0.0179. The highest BCUT2D eigenvalue weighted by Gasteiger charge is 2.56. The number of para-hydroxylation sites is 2. The Labute approximate surface area is 258 Å². The average molecular weight is 642 g/mol. The lowest BCUT2D eigenvalue weighted by Crippen LogP contribution is -2.46. The molecule has 1 unspecified atom stereocenters. The molecule has 2 aromatic carbocycles. The molecule has 17 heteroatoms. The second-order valence-electron chi connectivity index (χ2n) is 10.4. The van der Waals surface area contributed by atoms with Crippen LogP contribution < -0.4 is 25.6 Å². The maximum Gasteiger partial charge on any atom is 0.395 e. The summed E-state index contributed by atoms with van der Waals surface area (Å²) in [7, 11) is -2.80. The van der Waals surface area contributed by atoms with Crippen LogP contribution in [0, 0.1) is 5.92 Å². The SMILES string of the molecule is CC(C)C[C@H](N=[P+]([O-])Oc1ccccc1OC[C@@]1(N=[N+]=[N-])O[C@@H](n2ccc(N)nc2=O)[C@H](O)[C@@H]1O)C(=O)OCc1ccccc1. The Hall–Kier alpha value is -4.56. The number of esters is 1. The summed E-state index contributed by atoms with van der Waals surface area (Å²) in [6.07, 6.45) is -3.63. The Bertz CT molecular complexity index is 1620. The van der Waals surface area contributed by atoms with Crippen molar-refractivity contribution in [1.29, 1.82) is 0 Å². The van der Waals surface area contributed by atoms with E-state index in [1.54, 1.807) is 24.3 Å². The van der Waals surface area contributed by atoms with Crippen molar-refractivity contribution in [3.63, 3.8) is 0 Å². The van der Waals surface area contributed by atoms with Crippen LogP contribution in [0.25, 0.3) is 10.4 Å². The number of aliphatic hydroxyl groups is 2. The molecule has 2 heterocycles. The fraction of sp³-hybridized carbons (Fsp3) is 0.393. The number of carbonyl (C=O) groups excluding carboxylic acids is 1. The predicted molar refractivity (Wildman–Crippen MR) is 158 cm³/mol. The van der Waals surface area contributed by atoms with Crippen LogP contribution in [0.4, 0.5) is 5.82 Å². The van der Waals surface area contributed by atoms with Gasteiger partial charge in [-0.05, 0) is 41.6 Å². The summed E-state index contributed by atoms with van der Waals surface area (Å²) in [5.41, 5.74) is 12.4. The lowest BCUT2D eigenvalue weighted by molar-refractivity contribution is -0.170. The number of anilines is 1. The number of hydrogen-bond donors (Lipinski definition) is 3. The highest BCUT2D eigenvalue weighted by Crippen LogP contribution is 2.40. The first-order chi connectivity index (χ1) is 21.5. The van der Waals surface area contributed by atoms with E-state index in [0.29, 0.717) is 0 Å². The van der Waals surface area contributed by atoms with Gasteiger partial charge in [0.05, 0.1) is 0 Å². The van der Waals surface area contributed by atoms with E-state index in [0.717, 1.165) is 10.1 Å². The zero-order valence-corrected chi connectivity index (χ0v) is 25.2. The quantitative estimate of drug-likeness (QED) is 0.0805. The van der Waals surface area contributed by atoms with Crippen LogP contribution in [0.5, 0.6) is 11.5 Å². The van der Waals surface area contributed by atoms with Crippen LogP contribution in [0.15, 0.2) is 81.5 Å². The van der Waals surface area contributed by atoms with Gasteiger partial charge in [0.2, 0.25) is 11.5 Å². The molecule has 1 aliphatic heterocycles. The second-order valence-corrected chi connectivity index (χ2v) is 11.3. The molecule has 0 amide bonds. The summed E-state index contributed by atoms with van der Waals surface area (Å²) < 4.78 is 27.3. The third-order valence-electron chi connectivity index (χ3n) is 6.63. The number of aliphatic hydroxyl groups excluding tert-OH is 2. The fourth-order valence-corrected chi connectivity index (χ4v) is 5.21. The highest BCUT2D eigenvalue weighted by molar-refractivity contribution is 7.34. The molecular formula is C28H32N7O9P. The van der Waals surface area contributed by atoms with E-state index in [-0.39, 0.29) is 36.3 Å². The van der Waals surface area contributed by atoms with Crippen molar-refractivity contribution >= 4 is 20.0 Å². The van der Waals surface area contributed by atoms with Crippen LogP contribution in [-0.2, 0) is 20.9 Å². The zero-order chi connectivity index (χ0) is 32.6. The maximum atomic E-state index is 13.0. The standard InChI is InChI=1S/C28H32N7O9P/c1-17(2)14-19(26(38)41-15-18-8-4-3-5-9-18)32-45(40)44-21-11-7-6-10-20(21)42-16-28(33-34-30)24(37)23(36)25(43-28)35-13-12-22(29)31-27(35)39/h3-13,17,19,23-25,36-37H,14-16H2,1-2H3,(H2,29,31,39)/t19-,23+,24-,25+,28+/m0/s1. The topological polar surface area (TPSA) is 240 Å². The molecule has 3 aromatic rings. The van der Waals surface area contributed by atoms with Gasteiger partial charge in [0.25, 0.3) is 0 Å². The number of carbonyl (C=O) groups is 1. The molecule has 0 bridgehead atoms. The number of benzene rings is 2. The summed E-state index contributed by atoms with van der Waals surface area (Å²) in [5.74, 6) is -0.777. The van der Waals surface area contributed by atoms with E-state index < -0.39 is 56.6 Å². The lowest BCUT2D eigenvalue weighted by Gasteiger charge is -2.26. The number of rotatable bonds is 13. The van der Waals surface area contributed by atoms with Crippen LogP contribution >= 0.6 is 8.17 Å². The number of azide groups is 1. The number of nitrogen functional groups attached to an aromatic ring is 1. The van der Waals surface area contributed by atoms with E-state index in [9.17, 15) is 30.2 Å². The summed E-state index contributed by atoms with van der Waals surface area (Å²) in [5, 5.41) is 25.1. The minimum Gasteiger partial charge on any atom is -0.575 e. The van der Waals surface area contributed by atoms with E-state index >= 15 is 0 Å². The molecule has 4 rings (SSSR count). The molecule has 4 N–H and O–H groups in total. The molecule has 1 aromatic heterocycles. The summed E-state index contributed by atoms with van der Waals surface area (Å²) in [4.78, 5) is 44.4. The summed E-state index contributed by atoms with van der Waals surface area (Å²) in [6.45, 7) is 3.12. The Morgan fingerprint density at radius 1 is 1.20 bits per heavy atom. The van der Waals surface area contributed by atoms with E-state index in [1.807, 2.05) is 32.0 Å². The molecule has 0 radical (unpaired) electrons. The summed E-state index contributed by atoms with van der Waals surface area (Å²) >= 11 is 0. The number of hydrogen-bond acceptors (Lipinski definition) is 13. The van der Waals surface area contributed by atoms with Crippen molar-refractivity contribution in [2.75, 3.05) is 12.3 Å². The zero-order valence-electron chi connectivity index (χ0n) is 24.3. The molecule has 1 saturated heterocycles. The third-order valence-corrected chi connectivity index (χ3v) is 7.45. The van der Waals surface area contributed by atoms with Gasteiger partial charge in [-0.3, -0.25) is 9.09 Å². The molecule has 6 atom stereocenters. The van der Waals surface area contributed by atoms with Gasteiger partial charge in [0, 0.05) is 11.1 Å². The molecular weight excluding hydrogens is 609 g/mol. The monoisotopic (exact) mass is 641 g/mol. The van der Waals surface area contributed by atoms with Gasteiger partial charge >= 0.3 is 19.8 Å². The van der Waals surface area contributed by atoms with E-state index in [2.05, 4.69) is 19.8 Å². The third kappa shape index (κ3) is 8.34. The highest BCUT2D eigenvalue weighted by atomic mass is 31.1. The second kappa shape index (κ2) is 14.9. The molecule has 16 nitrogen and oxygen atoms in total. The van der Waals surface area contributed by atoms with Gasteiger partial charge in [-0.2, -0.15) is 4.98 Å². The Morgan fingerprint density at radius 2 is 1.89 bits per heavy atom. The molecule has 1 fully saturated rings. The average Bonchev–Trinajstić information content (AvgIpc) is 3.25. The van der Waals surface area contributed by atoms with Crippen molar-refractivity contribution in [2.45, 2.75) is 57.1 Å². The predicted octanol–water partition coefficient (Wildman–Crippen LogP) is 2.55. The lowest BCUT2D eigenvalue weighted by atomic mass is 10.1. The minimum atomic E-state index is -2.80. The van der Waals surface area contributed by atoms with Gasteiger partial charge in [0.15, 0.2) is 18.0 Å². The van der Waals surface area contributed by atoms with Crippen molar-refractivity contribution < 1.29 is 38.6 Å². The molecule has 238 valence electrons. The Balaban J connectivity index is 1.50. The van der Waals surface area contributed by atoms with Crippen LogP contribution in [0.1, 0.15) is 32.1 Å². The van der Waals surface area contributed by atoms with Crippen molar-refractivity contribution in [3.05, 3.63) is 93.4 Å². The number of nitrogens with two attached hydrogens (primary N) is 1. The van der Waals surface area contributed by atoms with Gasteiger partial charge in [0.1, 0.15) is 31.2 Å². The van der Waals surface area contributed by atoms with Gasteiger partial charge in [-0.1, -0.05) is 66.2 Å². The van der Waals surface area contributed by atoms with Gasteiger partial charge in [-0.15, -0.1) is 0 Å². The Morgan fingerprint density at radius 3 is 2.56 bits per heavy atom. The van der Waals surface area contributed by atoms with E-state index in [1.165, 1.54) is 24.4 Å². The largest absolute Gasteiger partial charge is 0.575 e. The Kier molecular flexibility index (Phi) is 11.1. The summed E-state index contributed by atoms with van der Waals surface area (Å²) in [6, 6.07) is 15.3. The van der Waals surface area contributed by atoms with Gasteiger partial charge in [-0.25, -0.2) is 9.59 Å². The van der Waals surface area contributed by atoms with Crippen LogP contribution in [0.2, 0.25) is 0 Å². The van der Waals surface area contributed by atoms with Gasteiger partial charge < -0.3 is 35.1 Å². The number of nitrogens with zero attached hydrogens (tertiary/aromatic N) is 6. The first-order valence-electron chi connectivity index (χ1n) is 13.8.